The van der Waals surface area contributed by atoms with E-state index in [9.17, 15) is 13.5 Å². The number of aliphatic hydroxyl groups is 1. The monoisotopic (exact) mass is 302 g/mol. The molecule has 20 heavy (non-hydrogen) atoms. The molecule has 2 N–H and O–H groups in total. The molecule has 0 aliphatic carbocycles. The van der Waals surface area contributed by atoms with Crippen LogP contribution in [0.1, 0.15) is 25.0 Å². The first kappa shape index (κ1) is 16.9. The fourth-order valence-electron chi connectivity index (χ4n) is 1.61. The Kier molecular flexibility index (Phi) is 6.41. The summed E-state index contributed by atoms with van der Waals surface area (Å²) in [6.07, 6.45) is -0.169. The molecule has 0 amide bonds. The highest BCUT2D eigenvalue weighted by atomic mass is 32.2. The number of hydrogen-bond acceptors (Lipinski definition) is 4. The standard InChI is InChI=1S/C13H22N2O4S/c1-4-9-14-20(17,18)15(2)10-13(16)11-5-7-12(19-3)8-6-11/h5-8,13-14,16H,4,9-10H2,1-3H3. The minimum absolute atomic E-state index is 0.00856. The molecule has 1 atom stereocenters. The van der Waals surface area contributed by atoms with Crippen molar-refractivity contribution in [3.63, 3.8) is 0 Å². The van der Waals surface area contributed by atoms with Crippen molar-refractivity contribution in [3.05, 3.63) is 29.8 Å². The molecule has 1 aromatic carbocycles. The van der Waals surface area contributed by atoms with Gasteiger partial charge < -0.3 is 9.84 Å². The van der Waals surface area contributed by atoms with E-state index in [1.54, 1.807) is 31.4 Å². The number of ether oxygens (including phenoxy) is 1. The molecule has 0 fully saturated rings. The van der Waals surface area contributed by atoms with Crippen LogP contribution in [0.2, 0.25) is 0 Å². The van der Waals surface area contributed by atoms with E-state index in [1.807, 2.05) is 6.92 Å². The third-order valence-electron chi connectivity index (χ3n) is 2.88. The molecule has 0 aromatic heterocycles. The van der Waals surface area contributed by atoms with Gasteiger partial charge in [0.1, 0.15) is 5.75 Å². The van der Waals surface area contributed by atoms with Crippen molar-refractivity contribution in [1.82, 2.24) is 9.03 Å². The average Bonchev–Trinajstić information content (AvgIpc) is 2.45. The SMILES string of the molecule is CCCNS(=O)(=O)N(C)CC(O)c1ccc(OC)cc1. The summed E-state index contributed by atoms with van der Waals surface area (Å²) in [4.78, 5) is 0. The smallest absolute Gasteiger partial charge is 0.279 e. The summed E-state index contributed by atoms with van der Waals surface area (Å²) in [6, 6.07) is 6.87. The summed E-state index contributed by atoms with van der Waals surface area (Å²) in [5.74, 6) is 0.687. The fourth-order valence-corrected chi connectivity index (χ4v) is 2.63. The molecule has 0 spiro atoms. The Labute approximate surface area is 120 Å². The van der Waals surface area contributed by atoms with Crippen LogP contribution in [0, 0.1) is 0 Å². The molecule has 0 saturated carbocycles. The molecule has 0 aliphatic rings. The molecule has 1 rings (SSSR count). The number of likely N-dealkylation sites (N-methyl/N-ethyl adjacent to an activating group) is 1. The fraction of sp³-hybridized carbons (Fsp3) is 0.538. The molecule has 0 bridgehead atoms. The van der Waals surface area contributed by atoms with Gasteiger partial charge in [-0.25, -0.2) is 4.72 Å². The van der Waals surface area contributed by atoms with Gasteiger partial charge in [-0.05, 0) is 24.1 Å². The normalized spacial score (nSPS) is 13.4. The van der Waals surface area contributed by atoms with Crippen LogP contribution in [0.15, 0.2) is 24.3 Å². The van der Waals surface area contributed by atoms with E-state index < -0.39 is 16.3 Å². The van der Waals surface area contributed by atoms with Crippen LogP contribution in [-0.4, -0.2) is 45.1 Å². The number of aliphatic hydroxyl groups excluding tert-OH is 1. The topological polar surface area (TPSA) is 78.9 Å². The van der Waals surface area contributed by atoms with Crippen molar-refractivity contribution in [3.8, 4) is 5.75 Å². The second kappa shape index (κ2) is 7.58. The zero-order valence-electron chi connectivity index (χ0n) is 12.0. The third-order valence-corrected chi connectivity index (χ3v) is 4.41. The maximum Gasteiger partial charge on any atom is 0.279 e. The lowest BCUT2D eigenvalue weighted by atomic mass is 10.1. The van der Waals surface area contributed by atoms with Crippen molar-refractivity contribution >= 4 is 10.2 Å². The van der Waals surface area contributed by atoms with E-state index in [2.05, 4.69) is 4.72 Å². The minimum Gasteiger partial charge on any atom is -0.497 e. The molecular formula is C13H22N2O4S. The summed E-state index contributed by atoms with van der Waals surface area (Å²) < 4.78 is 32.3. The minimum atomic E-state index is -3.54. The molecule has 1 aromatic rings. The van der Waals surface area contributed by atoms with E-state index in [0.717, 1.165) is 4.31 Å². The highest BCUT2D eigenvalue weighted by Gasteiger charge is 2.20. The van der Waals surface area contributed by atoms with Crippen molar-refractivity contribution in [2.75, 3.05) is 27.2 Å². The molecular weight excluding hydrogens is 280 g/mol. The van der Waals surface area contributed by atoms with Crippen LogP contribution < -0.4 is 9.46 Å². The Morgan fingerprint density at radius 1 is 1.35 bits per heavy atom. The predicted molar refractivity (Wildman–Crippen MR) is 77.8 cm³/mol. The van der Waals surface area contributed by atoms with Crippen LogP contribution in [-0.2, 0) is 10.2 Å². The van der Waals surface area contributed by atoms with Gasteiger partial charge in [0.2, 0.25) is 0 Å². The lowest BCUT2D eigenvalue weighted by Gasteiger charge is -2.21. The lowest BCUT2D eigenvalue weighted by Crippen LogP contribution is -2.40. The van der Waals surface area contributed by atoms with E-state index in [4.69, 9.17) is 4.74 Å². The summed E-state index contributed by atoms with van der Waals surface area (Å²) in [5.41, 5.74) is 0.642. The van der Waals surface area contributed by atoms with Gasteiger partial charge in [0.25, 0.3) is 10.2 Å². The average molecular weight is 302 g/mol. The summed E-state index contributed by atoms with van der Waals surface area (Å²) in [6.45, 7) is 2.26. The highest BCUT2D eigenvalue weighted by Crippen LogP contribution is 2.18. The van der Waals surface area contributed by atoms with Gasteiger partial charge in [-0.3, -0.25) is 0 Å². The van der Waals surface area contributed by atoms with E-state index in [0.29, 0.717) is 24.3 Å². The second-order valence-corrected chi connectivity index (χ2v) is 6.33. The molecule has 7 heteroatoms. The second-order valence-electron chi connectivity index (χ2n) is 4.47. The molecule has 6 nitrogen and oxygen atoms in total. The Morgan fingerprint density at radius 3 is 2.45 bits per heavy atom. The first-order valence-electron chi connectivity index (χ1n) is 6.43. The van der Waals surface area contributed by atoms with Crippen molar-refractivity contribution < 1.29 is 18.3 Å². The Bertz CT molecular complexity index is 502. The lowest BCUT2D eigenvalue weighted by molar-refractivity contribution is 0.154. The van der Waals surface area contributed by atoms with Gasteiger partial charge in [0.05, 0.1) is 13.2 Å². The van der Waals surface area contributed by atoms with Crippen molar-refractivity contribution in [2.24, 2.45) is 0 Å². The van der Waals surface area contributed by atoms with Gasteiger partial charge in [0.15, 0.2) is 0 Å². The predicted octanol–water partition coefficient (Wildman–Crippen LogP) is 0.905. The number of nitrogens with zero attached hydrogens (tertiary/aromatic N) is 1. The molecule has 0 radical (unpaired) electrons. The first-order chi connectivity index (χ1) is 9.40. The van der Waals surface area contributed by atoms with Gasteiger partial charge in [-0.15, -0.1) is 0 Å². The molecule has 0 aliphatic heterocycles. The van der Waals surface area contributed by atoms with Gasteiger partial charge in [-0.1, -0.05) is 19.1 Å². The number of nitrogens with one attached hydrogen (secondary N) is 1. The largest absolute Gasteiger partial charge is 0.497 e. The maximum absolute atomic E-state index is 11.8. The summed E-state index contributed by atoms with van der Waals surface area (Å²) in [7, 11) is -0.544. The van der Waals surface area contributed by atoms with Gasteiger partial charge in [0, 0.05) is 20.1 Å². The molecule has 0 saturated heterocycles. The van der Waals surface area contributed by atoms with E-state index in [-0.39, 0.29) is 6.54 Å². The molecule has 114 valence electrons. The summed E-state index contributed by atoms with van der Waals surface area (Å²) >= 11 is 0. The quantitative estimate of drug-likeness (QED) is 0.748. The zero-order valence-corrected chi connectivity index (χ0v) is 12.9. The van der Waals surface area contributed by atoms with E-state index in [1.165, 1.54) is 7.05 Å². The number of benzene rings is 1. The summed E-state index contributed by atoms with van der Waals surface area (Å²) in [5, 5.41) is 10.1. The molecule has 1 unspecified atom stereocenters. The maximum atomic E-state index is 11.8. The van der Waals surface area contributed by atoms with Gasteiger partial charge >= 0.3 is 0 Å². The van der Waals surface area contributed by atoms with Crippen LogP contribution in [0.25, 0.3) is 0 Å². The number of hydrogen-bond donors (Lipinski definition) is 2. The highest BCUT2D eigenvalue weighted by molar-refractivity contribution is 7.87. The van der Waals surface area contributed by atoms with Crippen LogP contribution in [0.3, 0.4) is 0 Å². The van der Waals surface area contributed by atoms with Crippen molar-refractivity contribution in [1.29, 1.82) is 0 Å². The Hall–Kier alpha value is -1.15. The van der Waals surface area contributed by atoms with Crippen molar-refractivity contribution in [2.45, 2.75) is 19.4 Å². The van der Waals surface area contributed by atoms with Crippen LogP contribution >= 0.6 is 0 Å². The number of methoxy groups -OCH3 is 1. The third kappa shape index (κ3) is 4.75. The molecule has 0 heterocycles. The first-order valence-corrected chi connectivity index (χ1v) is 7.87. The van der Waals surface area contributed by atoms with E-state index >= 15 is 0 Å². The van der Waals surface area contributed by atoms with Gasteiger partial charge in [-0.2, -0.15) is 12.7 Å². The Balaban J connectivity index is 2.66. The Morgan fingerprint density at radius 2 is 1.95 bits per heavy atom. The number of rotatable bonds is 8. The van der Waals surface area contributed by atoms with Crippen LogP contribution in [0.4, 0.5) is 0 Å². The zero-order chi connectivity index (χ0) is 15.2. The van der Waals surface area contributed by atoms with Crippen LogP contribution in [0.5, 0.6) is 5.75 Å².